The third-order valence-electron chi connectivity index (χ3n) is 5.58. The summed E-state index contributed by atoms with van der Waals surface area (Å²) in [5.41, 5.74) is 3.70. The molecule has 0 bridgehead atoms. The van der Waals surface area contributed by atoms with Crippen molar-refractivity contribution in [3.63, 3.8) is 0 Å². The van der Waals surface area contributed by atoms with Crippen LogP contribution in [0.3, 0.4) is 0 Å². The van der Waals surface area contributed by atoms with E-state index in [4.69, 9.17) is 0 Å². The third-order valence-corrected chi connectivity index (χ3v) is 5.58. The Labute approximate surface area is 167 Å². The van der Waals surface area contributed by atoms with Gasteiger partial charge >= 0.3 is 0 Å². The number of halogens is 1. The van der Waals surface area contributed by atoms with Crippen LogP contribution in [0.1, 0.15) is 47.4 Å². The normalized spacial score (nSPS) is 18.4. The fourth-order valence-corrected chi connectivity index (χ4v) is 3.99. The van der Waals surface area contributed by atoms with E-state index in [-0.39, 0.29) is 17.8 Å². The Morgan fingerprint density at radius 1 is 1.21 bits per heavy atom. The largest absolute Gasteiger partial charge is 0.337 e. The van der Waals surface area contributed by atoms with Crippen molar-refractivity contribution in [2.24, 2.45) is 5.92 Å². The number of aromatic nitrogens is 1. The lowest BCUT2D eigenvalue weighted by molar-refractivity contribution is 0.0701. The molecule has 1 saturated heterocycles. The minimum atomic E-state index is -0.209. The van der Waals surface area contributed by atoms with Gasteiger partial charge in [-0.05, 0) is 55.5 Å². The van der Waals surface area contributed by atoms with Gasteiger partial charge in [0.1, 0.15) is 5.82 Å². The van der Waals surface area contributed by atoms with Crippen molar-refractivity contribution in [1.29, 1.82) is 0 Å². The standard InChI is InChI=1S/C23H30FN3O/c1-16(2)22-15-27(23(28)21-13-25-18(4)12-17(21)3)11-5-10-26(22)14-19-6-8-20(24)9-7-19/h6-9,12-13,16,22H,5,10-11,14-15H2,1-4H3/t22-/m0/s1. The number of rotatable bonds is 4. The highest BCUT2D eigenvalue weighted by atomic mass is 19.1. The van der Waals surface area contributed by atoms with E-state index in [2.05, 4.69) is 23.7 Å². The molecule has 0 saturated carbocycles. The summed E-state index contributed by atoms with van der Waals surface area (Å²) >= 11 is 0. The van der Waals surface area contributed by atoms with Crippen molar-refractivity contribution in [2.45, 2.75) is 46.7 Å². The zero-order valence-corrected chi connectivity index (χ0v) is 17.3. The van der Waals surface area contributed by atoms with Crippen molar-refractivity contribution in [3.05, 3.63) is 64.7 Å². The number of hydrogen-bond donors (Lipinski definition) is 0. The van der Waals surface area contributed by atoms with Crippen molar-refractivity contribution in [1.82, 2.24) is 14.8 Å². The van der Waals surface area contributed by atoms with E-state index in [1.165, 1.54) is 12.1 Å². The van der Waals surface area contributed by atoms with Gasteiger partial charge in [0.2, 0.25) is 0 Å². The van der Waals surface area contributed by atoms with Crippen LogP contribution >= 0.6 is 0 Å². The number of carbonyl (C=O) groups is 1. The first-order chi connectivity index (χ1) is 13.3. The van der Waals surface area contributed by atoms with Crippen LogP contribution in [-0.4, -0.2) is 46.4 Å². The number of aryl methyl sites for hydroxylation is 2. The molecule has 150 valence electrons. The molecule has 0 spiro atoms. The first-order valence-electron chi connectivity index (χ1n) is 10.1. The molecule has 2 aromatic rings. The van der Waals surface area contributed by atoms with Gasteiger partial charge < -0.3 is 4.90 Å². The average molecular weight is 384 g/mol. The number of amides is 1. The molecule has 0 radical (unpaired) electrons. The highest BCUT2D eigenvalue weighted by molar-refractivity contribution is 5.95. The van der Waals surface area contributed by atoms with Crippen LogP contribution in [-0.2, 0) is 6.54 Å². The molecule has 1 aliphatic heterocycles. The number of hydrogen-bond acceptors (Lipinski definition) is 3. The van der Waals surface area contributed by atoms with Crippen LogP contribution in [0.15, 0.2) is 36.5 Å². The zero-order chi connectivity index (χ0) is 20.3. The van der Waals surface area contributed by atoms with Crippen molar-refractivity contribution in [3.8, 4) is 0 Å². The molecule has 1 aromatic heterocycles. The second kappa shape index (κ2) is 8.82. The van der Waals surface area contributed by atoms with Gasteiger partial charge in [-0.1, -0.05) is 26.0 Å². The number of carbonyl (C=O) groups excluding carboxylic acids is 1. The Morgan fingerprint density at radius 3 is 2.57 bits per heavy atom. The van der Waals surface area contributed by atoms with Gasteiger partial charge in [-0.2, -0.15) is 0 Å². The first-order valence-corrected chi connectivity index (χ1v) is 10.1. The fraction of sp³-hybridized carbons (Fsp3) is 0.478. The molecule has 0 aliphatic carbocycles. The Morgan fingerprint density at radius 2 is 1.93 bits per heavy atom. The number of nitrogens with zero attached hydrogens (tertiary/aromatic N) is 3. The highest BCUT2D eigenvalue weighted by Gasteiger charge is 2.30. The van der Waals surface area contributed by atoms with Crippen LogP contribution < -0.4 is 0 Å². The minimum Gasteiger partial charge on any atom is -0.337 e. The van der Waals surface area contributed by atoms with E-state index in [1.54, 1.807) is 6.20 Å². The Balaban J connectivity index is 1.78. The molecular weight excluding hydrogens is 353 g/mol. The smallest absolute Gasteiger partial charge is 0.255 e. The molecule has 4 nitrogen and oxygen atoms in total. The van der Waals surface area contributed by atoms with Crippen molar-refractivity contribution < 1.29 is 9.18 Å². The topological polar surface area (TPSA) is 36.4 Å². The lowest BCUT2D eigenvalue weighted by Gasteiger charge is -2.34. The molecule has 3 rings (SSSR count). The molecular formula is C23H30FN3O. The van der Waals surface area contributed by atoms with E-state index in [0.29, 0.717) is 18.0 Å². The SMILES string of the molecule is Cc1cc(C)c(C(=O)N2CCCN(Cc3ccc(F)cc3)[C@H](C(C)C)C2)cn1. The van der Waals surface area contributed by atoms with Gasteiger partial charge in [0.05, 0.1) is 5.56 Å². The summed E-state index contributed by atoms with van der Waals surface area (Å²) in [6.07, 6.45) is 2.63. The quantitative estimate of drug-likeness (QED) is 0.794. The predicted molar refractivity (Wildman–Crippen MR) is 110 cm³/mol. The fourth-order valence-electron chi connectivity index (χ4n) is 3.99. The molecule has 1 amide bonds. The second-order valence-electron chi connectivity index (χ2n) is 8.15. The Hall–Kier alpha value is -2.27. The van der Waals surface area contributed by atoms with E-state index in [9.17, 15) is 9.18 Å². The molecule has 5 heteroatoms. The molecule has 1 fully saturated rings. The lowest BCUT2D eigenvalue weighted by Crippen LogP contribution is -2.45. The maximum atomic E-state index is 13.2. The number of benzene rings is 1. The monoisotopic (exact) mass is 383 g/mol. The van der Waals surface area contributed by atoms with E-state index in [0.717, 1.165) is 42.9 Å². The maximum absolute atomic E-state index is 13.2. The van der Waals surface area contributed by atoms with Crippen LogP contribution in [0.4, 0.5) is 4.39 Å². The molecule has 2 heterocycles. The summed E-state index contributed by atoms with van der Waals surface area (Å²) in [5, 5.41) is 0. The minimum absolute atomic E-state index is 0.0688. The summed E-state index contributed by atoms with van der Waals surface area (Å²) in [5.74, 6) is 0.268. The third kappa shape index (κ3) is 4.76. The predicted octanol–water partition coefficient (Wildman–Crippen LogP) is 4.21. The molecule has 1 atom stereocenters. The lowest BCUT2D eigenvalue weighted by atomic mass is 10.0. The Kier molecular flexibility index (Phi) is 6.45. The highest BCUT2D eigenvalue weighted by Crippen LogP contribution is 2.22. The molecule has 1 aliphatic rings. The van der Waals surface area contributed by atoms with Gasteiger partial charge in [0.15, 0.2) is 0 Å². The Bertz CT molecular complexity index is 819. The van der Waals surface area contributed by atoms with Crippen LogP contribution in [0.2, 0.25) is 0 Å². The summed E-state index contributed by atoms with van der Waals surface area (Å²) in [6.45, 7) is 11.5. The average Bonchev–Trinajstić information content (AvgIpc) is 2.86. The summed E-state index contributed by atoms with van der Waals surface area (Å²) in [6, 6.07) is 8.95. The van der Waals surface area contributed by atoms with Gasteiger partial charge in [-0.3, -0.25) is 14.7 Å². The summed E-state index contributed by atoms with van der Waals surface area (Å²) in [7, 11) is 0. The molecule has 0 N–H and O–H groups in total. The first kappa shape index (κ1) is 20.5. The molecule has 1 aromatic carbocycles. The summed E-state index contributed by atoms with van der Waals surface area (Å²) < 4.78 is 13.2. The van der Waals surface area contributed by atoms with Gasteiger partial charge in [0, 0.05) is 44.1 Å². The number of pyridine rings is 1. The molecule has 0 unspecified atom stereocenters. The van der Waals surface area contributed by atoms with Crippen LogP contribution in [0, 0.1) is 25.6 Å². The second-order valence-corrected chi connectivity index (χ2v) is 8.15. The molecule has 28 heavy (non-hydrogen) atoms. The van der Waals surface area contributed by atoms with E-state index in [1.807, 2.05) is 36.9 Å². The van der Waals surface area contributed by atoms with Gasteiger partial charge in [0.25, 0.3) is 5.91 Å². The van der Waals surface area contributed by atoms with Crippen molar-refractivity contribution >= 4 is 5.91 Å². The summed E-state index contributed by atoms with van der Waals surface area (Å²) in [4.78, 5) is 21.9. The zero-order valence-electron chi connectivity index (χ0n) is 17.3. The van der Waals surface area contributed by atoms with E-state index >= 15 is 0 Å². The van der Waals surface area contributed by atoms with E-state index < -0.39 is 0 Å². The van der Waals surface area contributed by atoms with Crippen molar-refractivity contribution in [2.75, 3.05) is 19.6 Å². The van der Waals surface area contributed by atoms with Crippen LogP contribution in [0.5, 0.6) is 0 Å². The van der Waals surface area contributed by atoms with Gasteiger partial charge in [-0.15, -0.1) is 0 Å². The maximum Gasteiger partial charge on any atom is 0.255 e. The van der Waals surface area contributed by atoms with Gasteiger partial charge in [-0.25, -0.2) is 4.39 Å². The van der Waals surface area contributed by atoms with Crippen LogP contribution in [0.25, 0.3) is 0 Å².